The number of rotatable bonds is 8. The molecule has 0 fully saturated rings. The van der Waals surface area contributed by atoms with Gasteiger partial charge < -0.3 is 4.74 Å². The molecule has 0 saturated carbocycles. The first kappa shape index (κ1) is 20.7. The Bertz CT molecular complexity index is 1140. The van der Waals surface area contributed by atoms with Crippen LogP contribution in [0.15, 0.2) is 71.9 Å². The van der Waals surface area contributed by atoms with E-state index in [1.54, 1.807) is 19.2 Å². The van der Waals surface area contributed by atoms with E-state index in [-0.39, 0.29) is 11.5 Å². The van der Waals surface area contributed by atoms with E-state index in [9.17, 15) is 4.79 Å². The number of thiophene rings is 1. The molecule has 0 saturated heterocycles. The van der Waals surface area contributed by atoms with E-state index in [0.717, 1.165) is 22.8 Å². The van der Waals surface area contributed by atoms with Gasteiger partial charge in [0, 0.05) is 12.1 Å². The van der Waals surface area contributed by atoms with Crippen molar-refractivity contribution in [2.45, 2.75) is 11.6 Å². The molecule has 0 aliphatic carbocycles. The number of thioether (sulfide) groups is 1. The van der Waals surface area contributed by atoms with Crippen molar-refractivity contribution in [2.75, 3.05) is 12.9 Å². The molecule has 0 aliphatic rings. The molecular formula is C22H18ClN3O2S2. The summed E-state index contributed by atoms with van der Waals surface area (Å²) in [6.07, 6.45) is 0.634. The predicted octanol–water partition coefficient (Wildman–Crippen LogP) is 5.56. The van der Waals surface area contributed by atoms with Gasteiger partial charge in [-0.05, 0) is 42.0 Å². The first-order chi connectivity index (χ1) is 14.6. The zero-order chi connectivity index (χ0) is 20.9. The number of halogens is 1. The molecule has 0 atom stereocenters. The summed E-state index contributed by atoms with van der Waals surface area (Å²) >= 11 is 8.61. The average Bonchev–Trinajstić information content (AvgIpc) is 3.39. The molecule has 0 radical (unpaired) electrons. The molecule has 152 valence electrons. The number of hydrogen-bond donors (Lipinski definition) is 0. The maximum Gasteiger partial charge on any atom is 0.196 e. The second kappa shape index (κ2) is 9.47. The fourth-order valence-electron chi connectivity index (χ4n) is 2.94. The first-order valence-corrected chi connectivity index (χ1v) is 11.4. The third-order valence-corrected chi connectivity index (χ3v) is 6.62. The topological polar surface area (TPSA) is 57.0 Å². The Morgan fingerprint density at radius 1 is 1.07 bits per heavy atom. The summed E-state index contributed by atoms with van der Waals surface area (Å²) in [4.78, 5) is 13.2. The number of ether oxygens (including phenoxy) is 1. The molecule has 8 heteroatoms. The second-order valence-electron chi connectivity index (χ2n) is 6.41. The Balaban J connectivity index is 1.62. The summed E-state index contributed by atoms with van der Waals surface area (Å²) in [5.41, 5.74) is 2.06. The molecule has 0 N–H and O–H groups in total. The molecule has 0 aliphatic heterocycles. The molecule has 0 spiro atoms. The highest BCUT2D eigenvalue weighted by Gasteiger charge is 2.17. The highest BCUT2D eigenvalue weighted by atomic mass is 35.5. The zero-order valence-corrected chi connectivity index (χ0v) is 18.5. The number of methoxy groups -OCH3 is 1. The summed E-state index contributed by atoms with van der Waals surface area (Å²) in [5.74, 6) is 1.86. The van der Waals surface area contributed by atoms with Gasteiger partial charge in [0.15, 0.2) is 10.9 Å². The van der Waals surface area contributed by atoms with Crippen LogP contribution in [0.5, 0.6) is 5.75 Å². The Morgan fingerprint density at radius 3 is 2.50 bits per heavy atom. The molecule has 4 rings (SSSR count). The maximum atomic E-state index is 12.5. The van der Waals surface area contributed by atoms with Crippen molar-refractivity contribution in [2.24, 2.45) is 0 Å². The van der Waals surface area contributed by atoms with Gasteiger partial charge in [0.1, 0.15) is 11.6 Å². The Labute approximate surface area is 187 Å². The van der Waals surface area contributed by atoms with E-state index in [4.69, 9.17) is 16.3 Å². The fourth-order valence-corrected chi connectivity index (χ4v) is 4.87. The van der Waals surface area contributed by atoms with E-state index in [0.29, 0.717) is 20.8 Å². The molecule has 2 aromatic heterocycles. The highest BCUT2D eigenvalue weighted by Crippen LogP contribution is 2.27. The van der Waals surface area contributed by atoms with Crippen molar-refractivity contribution in [1.82, 2.24) is 14.8 Å². The van der Waals surface area contributed by atoms with Crippen LogP contribution >= 0.6 is 34.7 Å². The third-order valence-electron chi connectivity index (χ3n) is 4.42. The predicted molar refractivity (Wildman–Crippen MR) is 122 cm³/mol. The van der Waals surface area contributed by atoms with E-state index >= 15 is 0 Å². The lowest BCUT2D eigenvalue weighted by Crippen LogP contribution is -2.06. The minimum Gasteiger partial charge on any atom is -0.497 e. The Morgan fingerprint density at radius 2 is 1.83 bits per heavy atom. The molecule has 2 heterocycles. The number of Topliss-reactive ketones (excluding diaryl/α,β-unsaturated/α-hetero) is 1. The van der Waals surface area contributed by atoms with Crippen molar-refractivity contribution in [3.8, 4) is 11.4 Å². The Kier molecular flexibility index (Phi) is 6.52. The fraction of sp³-hybridized carbons (Fsp3) is 0.136. The number of nitrogens with zero attached hydrogens (tertiary/aromatic N) is 3. The molecule has 0 bridgehead atoms. The maximum absolute atomic E-state index is 12.5. The van der Waals surface area contributed by atoms with Gasteiger partial charge >= 0.3 is 0 Å². The zero-order valence-electron chi connectivity index (χ0n) is 16.1. The lowest BCUT2D eigenvalue weighted by Gasteiger charge is -2.11. The lowest BCUT2D eigenvalue weighted by atomic mass is 10.1. The number of benzene rings is 2. The quantitative estimate of drug-likeness (QED) is 0.257. The monoisotopic (exact) mass is 455 g/mol. The normalized spacial score (nSPS) is 10.9. The molecule has 30 heavy (non-hydrogen) atoms. The number of hydrogen-bond acceptors (Lipinski definition) is 6. The van der Waals surface area contributed by atoms with E-state index < -0.39 is 0 Å². The largest absolute Gasteiger partial charge is 0.497 e. The summed E-state index contributed by atoms with van der Waals surface area (Å²) in [6, 6.07) is 21.3. The minimum atomic E-state index is 0.0193. The van der Waals surface area contributed by atoms with Gasteiger partial charge in [0.25, 0.3) is 0 Å². The number of carbonyl (C=O) groups is 1. The van der Waals surface area contributed by atoms with Crippen LogP contribution in [0.4, 0.5) is 0 Å². The van der Waals surface area contributed by atoms with Crippen LogP contribution in [0.25, 0.3) is 5.69 Å². The van der Waals surface area contributed by atoms with Crippen LogP contribution in [0, 0.1) is 0 Å². The van der Waals surface area contributed by atoms with Gasteiger partial charge in [0.05, 0.1) is 22.1 Å². The number of aromatic nitrogens is 3. The third kappa shape index (κ3) is 4.75. The van der Waals surface area contributed by atoms with Crippen LogP contribution in [-0.2, 0) is 6.42 Å². The lowest BCUT2D eigenvalue weighted by molar-refractivity contribution is 0.102. The van der Waals surface area contributed by atoms with Gasteiger partial charge in [-0.25, -0.2) is 0 Å². The van der Waals surface area contributed by atoms with Crippen molar-refractivity contribution >= 4 is 40.5 Å². The summed E-state index contributed by atoms with van der Waals surface area (Å²) in [5, 5.41) is 9.46. The first-order valence-electron chi connectivity index (χ1n) is 9.18. The number of ketones is 1. The van der Waals surface area contributed by atoms with Gasteiger partial charge in [-0.3, -0.25) is 9.36 Å². The second-order valence-corrected chi connectivity index (χ2v) is 9.07. The van der Waals surface area contributed by atoms with Crippen molar-refractivity contribution < 1.29 is 9.53 Å². The van der Waals surface area contributed by atoms with Crippen LogP contribution in [-0.4, -0.2) is 33.4 Å². The summed E-state index contributed by atoms with van der Waals surface area (Å²) in [7, 11) is 1.64. The van der Waals surface area contributed by atoms with Crippen molar-refractivity contribution in [3.05, 3.63) is 87.3 Å². The minimum absolute atomic E-state index is 0.0193. The smallest absolute Gasteiger partial charge is 0.196 e. The SMILES string of the molecule is COc1ccc(-n2c(Cc3ccccc3)nnc2SCC(=O)c2ccc(Cl)s2)cc1. The Hall–Kier alpha value is -2.61. The molecule has 2 aromatic carbocycles. The van der Waals surface area contributed by atoms with E-state index in [2.05, 4.69) is 22.3 Å². The molecule has 0 amide bonds. The van der Waals surface area contributed by atoms with Crippen molar-refractivity contribution in [1.29, 1.82) is 0 Å². The van der Waals surface area contributed by atoms with Crippen molar-refractivity contribution in [3.63, 3.8) is 0 Å². The van der Waals surface area contributed by atoms with Gasteiger partial charge in [0.2, 0.25) is 0 Å². The van der Waals surface area contributed by atoms with E-state index in [1.807, 2.05) is 47.0 Å². The van der Waals surface area contributed by atoms with Gasteiger partial charge in [-0.2, -0.15) is 0 Å². The highest BCUT2D eigenvalue weighted by molar-refractivity contribution is 7.99. The van der Waals surface area contributed by atoms with E-state index in [1.165, 1.54) is 23.1 Å². The summed E-state index contributed by atoms with van der Waals surface area (Å²) in [6.45, 7) is 0. The van der Waals surface area contributed by atoms with Crippen LogP contribution in [0.1, 0.15) is 21.1 Å². The van der Waals surface area contributed by atoms with Crippen LogP contribution in [0.3, 0.4) is 0 Å². The average molecular weight is 456 g/mol. The number of carbonyl (C=O) groups excluding carboxylic acids is 1. The standard InChI is InChI=1S/C22H18ClN3O2S2/c1-28-17-9-7-16(8-10-17)26-21(13-15-5-3-2-4-6-15)24-25-22(26)29-14-18(27)19-11-12-20(23)30-19/h2-12H,13-14H2,1H3. The van der Waals surface area contributed by atoms with Gasteiger partial charge in [-0.1, -0.05) is 53.7 Å². The van der Waals surface area contributed by atoms with Crippen LogP contribution in [0.2, 0.25) is 4.34 Å². The molecular weight excluding hydrogens is 438 g/mol. The van der Waals surface area contributed by atoms with Gasteiger partial charge in [-0.15, -0.1) is 21.5 Å². The van der Waals surface area contributed by atoms with Crippen LogP contribution < -0.4 is 4.74 Å². The molecule has 5 nitrogen and oxygen atoms in total. The summed E-state index contributed by atoms with van der Waals surface area (Å²) < 4.78 is 7.87. The molecule has 4 aromatic rings. The molecule has 0 unspecified atom stereocenters.